The van der Waals surface area contributed by atoms with Gasteiger partial charge in [-0.1, -0.05) is 13.8 Å². The summed E-state index contributed by atoms with van der Waals surface area (Å²) in [5.41, 5.74) is 0. The molecule has 2 unspecified atom stereocenters. The first kappa shape index (κ1) is 11.6. The van der Waals surface area contributed by atoms with Gasteiger partial charge in [-0.25, -0.2) is 5.09 Å². The van der Waals surface area contributed by atoms with E-state index in [-0.39, 0.29) is 0 Å². The SMILES string of the molecule is CCOP1(=S)NC(CC(C)C)CO1. The Morgan fingerprint density at radius 3 is 2.92 bits per heavy atom. The molecule has 0 aromatic carbocycles. The predicted molar refractivity (Wildman–Crippen MR) is 58.2 cm³/mol. The minimum Gasteiger partial charge on any atom is -0.318 e. The number of hydrogen-bond donors (Lipinski definition) is 1. The smallest absolute Gasteiger partial charge is 0.261 e. The highest BCUT2D eigenvalue weighted by atomic mass is 32.5. The molecular weight excluding hydrogens is 205 g/mol. The number of nitrogens with one attached hydrogen (secondary N) is 1. The van der Waals surface area contributed by atoms with E-state index < -0.39 is 6.64 Å². The lowest BCUT2D eigenvalue weighted by Crippen LogP contribution is -2.23. The predicted octanol–water partition coefficient (Wildman–Crippen LogP) is 2.28. The summed E-state index contributed by atoms with van der Waals surface area (Å²) in [4.78, 5) is 0. The molecule has 78 valence electrons. The highest BCUT2D eigenvalue weighted by molar-refractivity contribution is 8.09. The monoisotopic (exact) mass is 223 g/mol. The van der Waals surface area contributed by atoms with Crippen molar-refractivity contribution in [3.8, 4) is 0 Å². The van der Waals surface area contributed by atoms with Crippen LogP contribution in [0, 0.1) is 5.92 Å². The Labute approximate surface area is 85.4 Å². The molecule has 2 atom stereocenters. The Morgan fingerprint density at radius 1 is 1.69 bits per heavy atom. The second kappa shape index (κ2) is 4.85. The standard InChI is InChI=1S/C8H18NO2PS/c1-4-10-12(13)9-8(6-11-12)5-7(2)3/h7-8H,4-6H2,1-3H3,(H,9,13). The van der Waals surface area contributed by atoms with Crippen LogP contribution in [0.25, 0.3) is 0 Å². The summed E-state index contributed by atoms with van der Waals surface area (Å²) in [6.45, 7) is 5.56. The molecule has 0 radical (unpaired) electrons. The lowest BCUT2D eigenvalue weighted by atomic mass is 10.1. The van der Waals surface area contributed by atoms with E-state index in [0.29, 0.717) is 25.2 Å². The molecule has 3 nitrogen and oxygen atoms in total. The van der Waals surface area contributed by atoms with Gasteiger partial charge in [-0.2, -0.15) is 0 Å². The zero-order valence-corrected chi connectivity index (χ0v) is 10.2. The maximum atomic E-state index is 5.49. The summed E-state index contributed by atoms with van der Waals surface area (Å²) in [6.07, 6.45) is 1.10. The van der Waals surface area contributed by atoms with Gasteiger partial charge in [0.1, 0.15) is 0 Å². The molecule has 0 amide bonds. The normalized spacial score (nSPS) is 34.3. The summed E-state index contributed by atoms with van der Waals surface area (Å²) in [5.74, 6) is 0.671. The highest BCUT2D eigenvalue weighted by Crippen LogP contribution is 2.49. The van der Waals surface area contributed by atoms with Crippen molar-refractivity contribution in [2.24, 2.45) is 5.92 Å². The molecule has 1 aliphatic heterocycles. The largest absolute Gasteiger partial charge is 0.318 e. The van der Waals surface area contributed by atoms with Crippen LogP contribution in [0.1, 0.15) is 27.2 Å². The molecular formula is C8H18NO2PS. The molecule has 1 fully saturated rings. The van der Waals surface area contributed by atoms with E-state index in [2.05, 4.69) is 18.9 Å². The molecule has 0 aromatic rings. The first-order valence-electron chi connectivity index (χ1n) is 4.72. The van der Waals surface area contributed by atoms with Crippen LogP contribution in [-0.2, 0) is 20.9 Å². The van der Waals surface area contributed by atoms with Gasteiger partial charge in [0, 0.05) is 6.04 Å². The molecule has 0 aromatic heterocycles. The van der Waals surface area contributed by atoms with Crippen LogP contribution in [0.4, 0.5) is 0 Å². The molecule has 5 heteroatoms. The minimum absolute atomic E-state index is 0.386. The molecule has 13 heavy (non-hydrogen) atoms. The molecule has 1 aliphatic rings. The second-order valence-corrected chi connectivity index (χ2v) is 6.88. The molecule has 0 aliphatic carbocycles. The zero-order valence-electron chi connectivity index (χ0n) is 8.45. The Hall–Kier alpha value is 0.530. The van der Waals surface area contributed by atoms with Gasteiger partial charge in [0.15, 0.2) is 0 Å². The highest BCUT2D eigenvalue weighted by Gasteiger charge is 2.31. The fraction of sp³-hybridized carbons (Fsp3) is 1.00. The summed E-state index contributed by atoms with van der Waals surface area (Å²) in [7, 11) is 0. The summed E-state index contributed by atoms with van der Waals surface area (Å²) < 4.78 is 10.9. The fourth-order valence-electron chi connectivity index (χ4n) is 1.42. The third-order valence-electron chi connectivity index (χ3n) is 1.84. The summed E-state index contributed by atoms with van der Waals surface area (Å²) in [6, 6.07) is 0.386. The van der Waals surface area contributed by atoms with Crippen molar-refractivity contribution < 1.29 is 9.05 Å². The van der Waals surface area contributed by atoms with E-state index in [1.165, 1.54) is 0 Å². The first-order chi connectivity index (χ1) is 6.06. The molecule has 1 saturated heterocycles. The molecule has 1 N–H and O–H groups in total. The number of rotatable bonds is 4. The molecule has 0 saturated carbocycles. The first-order valence-corrected chi connectivity index (χ1v) is 7.36. The van der Waals surface area contributed by atoms with E-state index in [0.717, 1.165) is 6.42 Å². The molecule has 0 bridgehead atoms. The van der Waals surface area contributed by atoms with Crippen LogP contribution in [-0.4, -0.2) is 19.3 Å². The van der Waals surface area contributed by atoms with Crippen molar-refractivity contribution in [1.29, 1.82) is 0 Å². The average Bonchev–Trinajstić information content (AvgIpc) is 2.31. The van der Waals surface area contributed by atoms with Gasteiger partial charge in [-0.3, -0.25) is 0 Å². The molecule has 1 heterocycles. The van der Waals surface area contributed by atoms with Crippen molar-refractivity contribution >= 4 is 18.4 Å². The third-order valence-corrected chi connectivity index (χ3v) is 4.56. The van der Waals surface area contributed by atoms with Crippen molar-refractivity contribution in [3.63, 3.8) is 0 Å². The van der Waals surface area contributed by atoms with Gasteiger partial charge in [0.25, 0.3) is 6.64 Å². The summed E-state index contributed by atoms with van der Waals surface area (Å²) in [5, 5.41) is 3.28. The minimum atomic E-state index is -2.10. The van der Waals surface area contributed by atoms with Gasteiger partial charge >= 0.3 is 0 Å². The lowest BCUT2D eigenvalue weighted by Gasteiger charge is -2.15. The van der Waals surface area contributed by atoms with Gasteiger partial charge in [0.2, 0.25) is 0 Å². The van der Waals surface area contributed by atoms with E-state index in [4.69, 9.17) is 20.9 Å². The van der Waals surface area contributed by atoms with E-state index >= 15 is 0 Å². The van der Waals surface area contributed by atoms with Crippen LogP contribution in [0.5, 0.6) is 0 Å². The van der Waals surface area contributed by atoms with Gasteiger partial charge < -0.3 is 9.05 Å². The van der Waals surface area contributed by atoms with Crippen LogP contribution in [0.3, 0.4) is 0 Å². The number of hydrogen-bond acceptors (Lipinski definition) is 3. The molecule has 1 rings (SSSR count). The van der Waals surface area contributed by atoms with Crippen molar-refractivity contribution in [1.82, 2.24) is 5.09 Å². The molecule has 0 spiro atoms. The zero-order chi connectivity index (χ0) is 9.90. The average molecular weight is 223 g/mol. The Morgan fingerprint density at radius 2 is 2.38 bits per heavy atom. The van der Waals surface area contributed by atoms with Gasteiger partial charge in [-0.15, -0.1) is 0 Å². The van der Waals surface area contributed by atoms with Crippen LogP contribution in [0.2, 0.25) is 0 Å². The fourth-order valence-corrected chi connectivity index (χ4v) is 3.93. The maximum absolute atomic E-state index is 5.49. The quantitative estimate of drug-likeness (QED) is 0.741. The lowest BCUT2D eigenvalue weighted by molar-refractivity contribution is 0.273. The Balaban J connectivity index is 2.39. The Bertz CT molecular complexity index is 210. The third kappa shape index (κ3) is 3.64. The van der Waals surface area contributed by atoms with E-state index in [1.807, 2.05) is 6.92 Å². The van der Waals surface area contributed by atoms with E-state index in [9.17, 15) is 0 Å². The van der Waals surface area contributed by atoms with Crippen LogP contribution >= 0.6 is 6.64 Å². The maximum Gasteiger partial charge on any atom is 0.261 e. The van der Waals surface area contributed by atoms with Crippen LogP contribution in [0.15, 0.2) is 0 Å². The Kier molecular flexibility index (Phi) is 4.33. The van der Waals surface area contributed by atoms with Crippen molar-refractivity contribution in [2.75, 3.05) is 13.2 Å². The van der Waals surface area contributed by atoms with E-state index in [1.54, 1.807) is 0 Å². The van der Waals surface area contributed by atoms with Gasteiger partial charge in [0.05, 0.1) is 13.2 Å². The summed E-state index contributed by atoms with van der Waals surface area (Å²) >= 11 is 5.25. The van der Waals surface area contributed by atoms with Crippen molar-refractivity contribution in [2.45, 2.75) is 33.2 Å². The van der Waals surface area contributed by atoms with Crippen LogP contribution < -0.4 is 5.09 Å². The second-order valence-electron chi connectivity index (χ2n) is 3.67. The van der Waals surface area contributed by atoms with Crippen molar-refractivity contribution in [3.05, 3.63) is 0 Å². The topological polar surface area (TPSA) is 30.5 Å². The van der Waals surface area contributed by atoms with Gasteiger partial charge in [-0.05, 0) is 31.1 Å².